The van der Waals surface area contributed by atoms with Crippen LogP contribution < -0.4 is 14.8 Å². The summed E-state index contributed by atoms with van der Waals surface area (Å²) in [6.07, 6.45) is 3.48. The molecule has 2 aromatic rings. The topological polar surface area (TPSA) is 71.1 Å². The molecule has 2 fully saturated rings. The van der Waals surface area contributed by atoms with Gasteiger partial charge < -0.3 is 24.6 Å². The Kier molecular flexibility index (Phi) is 6.83. The summed E-state index contributed by atoms with van der Waals surface area (Å²) < 4.78 is 10.9. The van der Waals surface area contributed by atoms with Crippen LogP contribution in [0.25, 0.3) is 0 Å². The van der Waals surface area contributed by atoms with Crippen LogP contribution in [0, 0.1) is 5.92 Å². The smallest absolute Gasteiger partial charge is 0.321 e. The summed E-state index contributed by atoms with van der Waals surface area (Å²) in [5, 5.41) is 2.93. The molecular formula is C25H31N3O4. The van der Waals surface area contributed by atoms with Gasteiger partial charge in [0.1, 0.15) is 11.5 Å². The minimum atomic E-state index is -0.185. The van der Waals surface area contributed by atoms with E-state index in [1.165, 1.54) is 0 Å². The summed E-state index contributed by atoms with van der Waals surface area (Å²) in [5.74, 6) is 1.41. The molecule has 32 heavy (non-hydrogen) atoms. The molecule has 2 aliphatic rings. The van der Waals surface area contributed by atoms with Gasteiger partial charge in [0.25, 0.3) is 0 Å². The number of hydrogen-bond donors (Lipinski definition) is 1. The van der Waals surface area contributed by atoms with Crippen molar-refractivity contribution in [2.45, 2.75) is 31.7 Å². The highest BCUT2D eigenvalue weighted by Gasteiger charge is 2.37. The SMILES string of the molecule is COc1ccc([C@H]2CCCN2C(=O)[C@H]2CCCN(C(=O)Nc3ccccc3)C2)c(OC)c1. The Labute approximate surface area is 189 Å². The molecule has 170 valence electrons. The molecule has 0 spiro atoms. The molecule has 4 rings (SSSR count). The van der Waals surface area contributed by atoms with E-state index < -0.39 is 0 Å². The zero-order chi connectivity index (χ0) is 22.5. The number of likely N-dealkylation sites (tertiary alicyclic amines) is 2. The third-order valence-electron chi connectivity index (χ3n) is 6.42. The number of ether oxygens (including phenoxy) is 2. The lowest BCUT2D eigenvalue weighted by molar-refractivity contribution is -0.137. The molecule has 2 aliphatic heterocycles. The number of hydrogen-bond acceptors (Lipinski definition) is 4. The summed E-state index contributed by atoms with van der Waals surface area (Å²) in [5.41, 5.74) is 1.77. The normalized spacial score (nSPS) is 20.7. The van der Waals surface area contributed by atoms with Crippen LogP contribution in [0.15, 0.2) is 48.5 Å². The second-order valence-corrected chi connectivity index (χ2v) is 8.38. The first-order valence-corrected chi connectivity index (χ1v) is 11.2. The first-order chi connectivity index (χ1) is 15.6. The van der Waals surface area contributed by atoms with Gasteiger partial charge >= 0.3 is 6.03 Å². The minimum Gasteiger partial charge on any atom is -0.497 e. The molecule has 0 bridgehead atoms. The Balaban J connectivity index is 1.45. The summed E-state index contributed by atoms with van der Waals surface area (Å²) in [6.45, 7) is 1.84. The van der Waals surface area contributed by atoms with Crippen molar-refractivity contribution in [2.24, 2.45) is 5.92 Å². The molecule has 0 saturated carbocycles. The predicted octanol–water partition coefficient (Wildman–Crippen LogP) is 4.31. The number of benzene rings is 2. The molecule has 0 aromatic heterocycles. The molecule has 3 amide bonds. The van der Waals surface area contributed by atoms with Gasteiger partial charge in [-0.25, -0.2) is 4.79 Å². The lowest BCUT2D eigenvalue weighted by Crippen LogP contribution is -2.47. The second kappa shape index (κ2) is 9.94. The molecule has 2 saturated heterocycles. The van der Waals surface area contributed by atoms with Crippen LogP contribution in [0.1, 0.15) is 37.3 Å². The van der Waals surface area contributed by atoms with E-state index in [1.807, 2.05) is 53.4 Å². The van der Waals surface area contributed by atoms with Crippen molar-refractivity contribution in [3.63, 3.8) is 0 Å². The average molecular weight is 438 g/mol. The fraction of sp³-hybridized carbons (Fsp3) is 0.440. The van der Waals surface area contributed by atoms with E-state index in [0.717, 1.165) is 55.0 Å². The Hall–Kier alpha value is -3.22. The van der Waals surface area contributed by atoms with Gasteiger partial charge in [0.05, 0.1) is 26.2 Å². The van der Waals surface area contributed by atoms with Gasteiger partial charge in [-0.3, -0.25) is 4.79 Å². The number of nitrogens with one attached hydrogen (secondary N) is 1. The molecule has 0 radical (unpaired) electrons. The van der Waals surface area contributed by atoms with E-state index in [1.54, 1.807) is 19.1 Å². The van der Waals surface area contributed by atoms with Gasteiger partial charge in [0.15, 0.2) is 0 Å². The standard InChI is InChI=1S/C25H31N3O4/c1-31-20-12-13-21(23(16-20)32-2)22-11-7-15-28(22)24(29)18-8-6-14-27(17-18)25(30)26-19-9-4-3-5-10-19/h3-5,9-10,12-13,16,18,22H,6-8,11,14-15,17H2,1-2H3,(H,26,30)/t18-,22+/m0/s1. The maximum absolute atomic E-state index is 13.5. The van der Waals surface area contributed by atoms with Gasteiger partial charge in [-0.2, -0.15) is 0 Å². The molecule has 0 unspecified atom stereocenters. The molecule has 7 nitrogen and oxygen atoms in total. The number of urea groups is 1. The predicted molar refractivity (Wildman–Crippen MR) is 123 cm³/mol. The molecule has 0 aliphatic carbocycles. The molecule has 2 atom stereocenters. The third kappa shape index (κ3) is 4.66. The molecular weight excluding hydrogens is 406 g/mol. The van der Waals surface area contributed by atoms with E-state index in [2.05, 4.69) is 5.32 Å². The highest BCUT2D eigenvalue weighted by Crippen LogP contribution is 2.40. The highest BCUT2D eigenvalue weighted by molar-refractivity contribution is 5.90. The number of amides is 3. The first-order valence-electron chi connectivity index (χ1n) is 11.2. The number of nitrogens with zero attached hydrogens (tertiary/aromatic N) is 2. The van der Waals surface area contributed by atoms with E-state index in [9.17, 15) is 9.59 Å². The van der Waals surface area contributed by atoms with Crippen LogP contribution in [0.2, 0.25) is 0 Å². The number of piperidine rings is 1. The number of carbonyl (C=O) groups is 2. The second-order valence-electron chi connectivity index (χ2n) is 8.38. The monoisotopic (exact) mass is 437 g/mol. The first kappa shape index (κ1) is 22.0. The van der Waals surface area contributed by atoms with Gasteiger partial charge in [0.2, 0.25) is 5.91 Å². The minimum absolute atomic E-state index is 0.0168. The van der Waals surface area contributed by atoms with Crippen LogP contribution in [0.3, 0.4) is 0 Å². The third-order valence-corrected chi connectivity index (χ3v) is 6.42. The van der Waals surface area contributed by atoms with Crippen LogP contribution in [0.5, 0.6) is 11.5 Å². The fourth-order valence-electron chi connectivity index (χ4n) is 4.77. The van der Waals surface area contributed by atoms with Crippen molar-refractivity contribution in [1.29, 1.82) is 0 Å². The van der Waals surface area contributed by atoms with Crippen molar-refractivity contribution in [2.75, 3.05) is 39.2 Å². The number of rotatable bonds is 5. The van der Waals surface area contributed by atoms with Crippen LogP contribution in [0.4, 0.5) is 10.5 Å². The van der Waals surface area contributed by atoms with Gasteiger partial charge in [-0.05, 0) is 49.9 Å². The van der Waals surface area contributed by atoms with Crippen molar-refractivity contribution in [3.8, 4) is 11.5 Å². The lowest BCUT2D eigenvalue weighted by Gasteiger charge is -2.36. The Morgan fingerprint density at radius 1 is 0.969 bits per heavy atom. The van der Waals surface area contributed by atoms with Crippen molar-refractivity contribution < 1.29 is 19.1 Å². The maximum Gasteiger partial charge on any atom is 0.321 e. The van der Waals surface area contributed by atoms with Crippen molar-refractivity contribution in [1.82, 2.24) is 9.80 Å². The highest BCUT2D eigenvalue weighted by atomic mass is 16.5. The van der Waals surface area contributed by atoms with Gasteiger partial charge in [-0.1, -0.05) is 18.2 Å². The number of para-hydroxylation sites is 1. The van der Waals surface area contributed by atoms with Crippen LogP contribution >= 0.6 is 0 Å². The van der Waals surface area contributed by atoms with Crippen LogP contribution in [-0.4, -0.2) is 55.6 Å². The quantitative estimate of drug-likeness (QED) is 0.757. The van der Waals surface area contributed by atoms with E-state index in [-0.39, 0.29) is 23.9 Å². The summed E-state index contributed by atoms with van der Waals surface area (Å²) >= 11 is 0. The zero-order valence-corrected chi connectivity index (χ0v) is 18.8. The number of methoxy groups -OCH3 is 2. The van der Waals surface area contributed by atoms with Crippen molar-refractivity contribution >= 4 is 17.6 Å². The van der Waals surface area contributed by atoms with E-state index in [0.29, 0.717) is 13.1 Å². The summed E-state index contributed by atoms with van der Waals surface area (Å²) in [7, 11) is 3.27. The maximum atomic E-state index is 13.5. The number of anilines is 1. The van der Waals surface area contributed by atoms with E-state index >= 15 is 0 Å². The lowest BCUT2D eigenvalue weighted by atomic mass is 9.95. The Morgan fingerprint density at radius 3 is 2.50 bits per heavy atom. The molecule has 7 heteroatoms. The molecule has 2 heterocycles. The van der Waals surface area contributed by atoms with Crippen LogP contribution in [-0.2, 0) is 4.79 Å². The number of carbonyl (C=O) groups excluding carboxylic acids is 2. The average Bonchev–Trinajstić information content (AvgIpc) is 3.33. The zero-order valence-electron chi connectivity index (χ0n) is 18.8. The molecule has 1 N–H and O–H groups in total. The summed E-state index contributed by atoms with van der Waals surface area (Å²) in [6, 6.07) is 15.0. The summed E-state index contributed by atoms with van der Waals surface area (Å²) in [4.78, 5) is 30.0. The Bertz CT molecular complexity index is 949. The Morgan fingerprint density at radius 2 is 1.75 bits per heavy atom. The fourth-order valence-corrected chi connectivity index (χ4v) is 4.77. The largest absolute Gasteiger partial charge is 0.497 e. The van der Waals surface area contributed by atoms with Crippen molar-refractivity contribution in [3.05, 3.63) is 54.1 Å². The van der Waals surface area contributed by atoms with E-state index in [4.69, 9.17) is 9.47 Å². The van der Waals surface area contributed by atoms with Gasteiger partial charge in [-0.15, -0.1) is 0 Å². The van der Waals surface area contributed by atoms with Gasteiger partial charge in [0, 0.05) is 37.0 Å². The molecule has 2 aromatic carbocycles.